The van der Waals surface area contributed by atoms with Crippen LogP contribution in [0.15, 0.2) is 30.3 Å². The van der Waals surface area contributed by atoms with Gasteiger partial charge in [0, 0.05) is 31.1 Å². The number of benzene rings is 1. The topological polar surface area (TPSA) is 32.3 Å². The Kier molecular flexibility index (Phi) is 4.59. The minimum atomic E-state index is 0.327. The quantitative estimate of drug-likeness (QED) is 0.902. The highest BCUT2D eigenvalue weighted by atomic mass is 16.2. The Balaban J connectivity index is 1.56. The van der Waals surface area contributed by atoms with Crippen LogP contribution in [0.5, 0.6) is 0 Å². The summed E-state index contributed by atoms with van der Waals surface area (Å²) in [5.41, 5.74) is 1.26. The van der Waals surface area contributed by atoms with E-state index in [0.29, 0.717) is 30.5 Å². The number of piperidine rings is 1. The predicted molar refractivity (Wildman–Crippen MR) is 85.1 cm³/mol. The average molecular weight is 286 g/mol. The van der Waals surface area contributed by atoms with Crippen molar-refractivity contribution in [2.75, 3.05) is 6.54 Å². The van der Waals surface area contributed by atoms with Crippen LogP contribution in [0.1, 0.15) is 44.6 Å². The van der Waals surface area contributed by atoms with Gasteiger partial charge in [-0.3, -0.25) is 4.79 Å². The molecule has 1 aromatic carbocycles. The smallest absolute Gasteiger partial charge is 0.223 e. The molecule has 2 fully saturated rings. The Morgan fingerprint density at radius 2 is 1.86 bits per heavy atom. The summed E-state index contributed by atoms with van der Waals surface area (Å²) in [4.78, 5) is 14.7. The van der Waals surface area contributed by atoms with Gasteiger partial charge in [-0.15, -0.1) is 0 Å². The zero-order valence-corrected chi connectivity index (χ0v) is 12.9. The molecule has 0 aliphatic carbocycles. The Morgan fingerprint density at radius 1 is 1.19 bits per heavy atom. The highest BCUT2D eigenvalue weighted by Gasteiger charge is 2.36. The molecule has 0 aromatic heterocycles. The summed E-state index contributed by atoms with van der Waals surface area (Å²) in [6.45, 7) is 2.96. The molecule has 1 amide bonds. The Labute approximate surface area is 127 Å². The fourth-order valence-electron chi connectivity index (χ4n) is 3.96. The molecule has 2 aliphatic heterocycles. The molecule has 0 spiro atoms. The summed E-state index contributed by atoms with van der Waals surface area (Å²) in [7, 11) is 0. The van der Waals surface area contributed by atoms with Gasteiger partial charge in [0.2, 0.25) is 5.91 Å². The molecule has 1 aromatic rings. The Bertz CT molecular complexity index is 461. The van der Waals surface area contributed by atoms with Crippen LogP contribution in [0.4, 0.5) is 0 Å². The van der Waals surface area contributed by atoms with Gasteiger partial charge in [0.1, 0.15) is 0 Å². The molecular weight excluding hydrogens is 260 g/mol. The van der Waals surface area contributed by atoms with Crippen LogP contribution in [0, 0.1) is 0 Å². The van der Waals surface area contributed by atoms with Gasteiger partial charge in [0.15, 0.2) is 0 Å². The van der Waals surface area contributed by atoms with Crippen LogP contribution in [0.25, 0.3) is 0 Å². The first-order valence-corrected chi connectivity index (χ1v) is 8.35. The predicted octanol–water partition coefficient (Wildman–Crippen LogP) is 2.75. The number of nitrogens with one attached hydrogen (secondary N) is 1. The molecule has 0 saturated carbocycles. The minimum absolute atomic E-state index is 0.327. The molecule has 2 aliphatic rings. The zero-order chi connectivity index (χ0) is 14.7. The Hall–Kier alpha value is -1.35. The highest BCUT2D eigenvalue weighted by molar-refractivity contribution is 5.76. The average Bonchev–Trinajstić information content (AvgIpc) is 2.85. The monoisotopic (exact) mass is 286 g/mol. The number of carbonyl (C=O) groups excluding carboxylic acids is 1. The van der Waals surface area contributed by atoms with E-state index in [1.54, 1.807) is 0 Å². The summed E-state index contributed by atoms with van der Waals surface area (Å²) in [6.07, 6.45) is 6.35. The normalized spacial score (nSPS) is 27.6. The first-order chi connectivity index (χ1) is 10.3. The third-order valence-corrected chi connectivity index (χ3v) is 5.02. The van der Waals surface area contributed by atoms with E-state index in [9.17, 15) is 4.79 Å². The van der Waals surface area contributed by atoms with Crippen LogP contribution >= 0.6 is 0 Å². The number of hydrogen-bond acceptors (Lipinski definition) is 2. The van der Waals surface area contributed by atoms with E-state index in [4.69, 9.17) is 0 Å². The summed E-state index contributed by atoms with van der Waals surface area (Å²) < 4.78 is 0. The van der Waals surface area contributed by atoms with Crippen LogP contribution < -0.4 is 5.32 Å². The highest BCUT2D eigenvalue weighted by Crippen LogP contribution is 2.30. The lowest BCUT2D eigenvalue weighted by molar-refractivity contribution is -0.134. The molecule has 2 bridgehead atoms. The van der Waals surface area contributed by atoms with E-state index in [1.807, 2.05) is 18.2 Å². The fourth-order valence-corrected chi connectivity index (χ4v) is 3.96. The number of rotatable bonds is 5. The minimum Gasteiger partial charge on any atom is -0.340 e. The number of amides is 1. The zero-order valence-electron chi connectivity index (χ0n) is 12.9. The maximum Gasteiger partial charge on any atom is 0.223 e. The van der Waals surface area contributed by atoms with Crippen molar-refractivity contribution in [1.29, 1.82) is 0 Å². The molecular formula is C18H26N2O. The summed E-state index contributed by atoms with van der Waals surface area (Å²) in [6, 6.07) is 12.1. The second-order valence-electron chi connectivity index (χ2n) is 6.43. The number of fused-ring (bicyclic) bond motifs is 2. The summed E-state index contributed by atoms with van der Waals surface area (Å²) >= 11 is 0. The van der Waals surface area contributed by atoms with E-state index in [1.165, 1.54) is 18.4 Å². The number of nitrogens with zero attached hydrogens (tertiary/aromatic N) is 1. The van der Waals surface area contributed by atoms with Crippen LogP contribution in [-0.2, 0) is 11.2 Å². The van der Waals surface area contributed by atoms with Gasteiger partial charge >= 0.3 is 0 Å². The van der Waals surface area contributed by atoms with Gasteiger partial charge in [-0.25, -0.2) is 0 Å². The molecule has 1 N–H and O–H groups in total. The van der Waals surface area contributed by atoms with Gasteiger partial charge in [0.25, 0.3) is 0 Å². The first-order valence-electron chi connectivity index (χ1n) is 8.35. The lowest BCUT2D eigenvalue weighted by Gasteiger charge is -2.37. The van der Waals surface area contributed by atoms with Crippen molar-refractivity contribution in [2.45, 2.75) is 63.6 Å². The maximum absolute atomic E-state index is 12.6. The molecule has 21 heavy (non-hydrogen) atoms. The van der Waals surface area contributed by atoms with Crippen molar-refractivity contribution in [2.24, 2.45) is 0 Å². The molecule has 3 heteroatoms. The second-order valence-corrected chi connectivity index (χ2v) is 6.43. The lowest BCUT2D eigenvalue weighted by Crippen LogP contribution is -2.50. The Morgan fingerprint density at radius 3 is 2.48 bits per heavy atom. The molecule has 3 rings (SSSR count). The van der Waals surface area contributed by atoms with E-state index >= 15 is 0 Å². The molecule has 2 unspecified atom stereocenters. The molecule has 114 valence electrons. The van der Waals surface area contributed by atoms with Crippen molar-refractivity contribution in [3.05, 3.63) is 35.9 Å². The van der Waals surface area contributed by atoms with Gasteiger partial charge in [-0.1, -0.05) is 30.3 Å². The van der Waals surface area contributed by atoms with Crippen molar-refractivity contribution < 1.29 is 4.79 Å². The largest absolute Gasteiger partial charge is 0.340 e. The third-order valence-electron chi connectivity index (χ3n) is 5.02. The van der Waals surface area contributed by atoms with Gasteiger partial charge in [-0.05, 0) is 44.6 Å². The van der Waals surface area contributed by atoms with Gasteiger partial charge < -0.3 is 10.2 Å². The third kappa shape index (κ3) is 3.46. The van der Waals surface area contributed by atoms with Crippen molar-refractivity contribution in [1.82, 2.24) is 10.2 Å². The molecule has 2 atom stereocenters. The number of carbonyl (C=O) groups is 1. The number of hydrogen-bond donors (Lipinski definition) is 1. The molecule has 3 nitrogen and oxygen atoms in total. The van der Waals surface area contributed by atoms with Gasteiger partial charge in [0.05, 0.1) is 0 Å². The van der Waals surface area contributed by atoms with Crippen LogP contribution in [-0.4, -0.2) is 35.5 Å². The first kappa shape index (κ1) is 14.6. The maximum atomic E-state index is 12.6. The molecule has 2 heterocycles. The van der Waals surface area contributed by atoms with Gasteiger partial charge in [-0.2, -0.15) is 0 Å². The van der Waals surface area contributed by atoms with Crippen LogP contribution in [0.3, 0.4) is 0 Å². The molecule has 2 saturated heterocycles. The van der Waals surface area contributed by atoms with Crippen molar-refractivity contribution >= 4 is 5.91 Å². The van der Waals surface area contributed by atoms with E-state index in [-0.39, 0.29) is 0 Å². The SMILES string of the molecule is CCN(C(=O)CCc1ccccc1)C1CC2CCC(C1)N2. The van der Waals surface area contributed by atoms with Crippen molar-refractivity contribution in [3.8, 4) is 0 Å². The lowest BCUT2D eigenvalue weighted by atomic mass is 9.97. The fraction of sp³-hybridized carbons (Fsp3) is 0.611. The van der Waals surface area contributed by atoms with E-state index < -0.39 is 0 Å². The second kappa shape index (κ2) is 6.61. The number of aryl methyl sites for hydroxylation is 1. The van der Waals surface area contributed by atoms with Crippen molar-refractivity contribution in [3.63, 3.8) is 0 Å². The van der Waals surface area contributed by atoms with E-state index in [0.717, 1.165) is 25.8 Å². The standard InChI is InChI=1S/C18H26N2O/c1-2-20(17-12-15-9-10-16(13-17)19-15)18(21)11-8-14-6-4-3-5-7-14/h3-7,15-17,19H,2,8-13H2,1H3. The van der Waals surface area contributed by atoms with Crippen LogP contribution in [0.2, 0.25) is 0 Å². The summed E-state index contributed by atoms with van der Waals surface area (Å²) in [5, 5.41) is 3.66. The molecule has 0 radical (unpaired) electrons. The summed E-state index contributed by atoms with van der Waals surface area (Å²) in [5.74, 6) is 0.327. The van der Waals surface area contributed by atoms with E-state index in [2.05, 4.69) is 29.3 Å².